The number of nitrogens with zero attached hydrogens (tertiary/aromatic N) is 5. The standard InChI is InChI=1S/C42H43Cl2FN6O2/c1-21-28-18-33(40-30-17-26(50(40)41(52)22-12-13-22)20-49(42(30)53)25-8-3-2-4-9-25)51(38-24-16-32(38)47-19-24)39(28)29-15-23(7-6-14-46)34(36(45)37(29)48-21)27-10-5-11-31(43)35(27)44/h5,10-11,15,18,22,24-26,30,32,38,40,47H,2-4,6-9,12-13,16-17,19-20H2,1H3. The van der Waals surface area contributed by atoms with Crippen LogP contribution in [0.15, 0.2) is 30.3 Å². The molecule has 7 aliphatic rings. The molecule has 0 spiro atoms. The van der Waals surface area contributed by atoms with Crippen molar-refractivity contribution < 1.29 is 14.0 Å². The number of hydrogen-bond donors (Lipinski definition) is 1. The van der Waals surface area contributed by atoms with Gasteiger partial charge in [-0.25, -0.2) is 9.37 Å². The van der Waals surface area contributed by atoms with E-state index in [0.29, 0.717) is 58.1 Å². The zero-order chi connectivity index (χ0) is 36.3. The average molecular weight is 754 g/mol. The van der Waals surface area contributed by atoms with E-state index < -0.39 is 11.9 Å². The van der Waals surface area contributed by atoms with Crippen molar-refractivity contribution >= 4 is 56.8 Å². The lowest BCUT2D eigenvalue weighted by Gasteiger charge is -2.40. The van der Waals surface area contributed by atoms with Crippen LogP contribution in [0.3, 0.4) is 0 Å². The average Bonchev–Trinajstić information content (AvgIpc) is 3.43. The molecule has 0 radical (unpaired) electrons. The molecule has 274 valence electrons. The number of carbonyl (C=O) groups is 2. The first-order chi connectivity index (χ1) is 25.7. The summed E-state index contributed by atoms with van der Waals surface area (Å²) in [6, 6.07) is 11.8. The Hall–Kier alpha value is -3.71. The summed E-state index contributed by atoms with van der Waals surface area (Å²) in [5, 5.41) is 15.5. The Bertz CT molecular complexity index is 2240. The molecule has 6 unspecified atom stereocenters. The number of rotatable bonds is 7. The van der Waals surface area contributed by atoms with Crippen LogP contribution in [0.5, 0.6) is 0 Å². The number of aryl methyl sites for hydroxylation is 2. The Kier molecular flexibility index (Phi) is 8.09. The van der Waals surface area contributed by atoms with Gasteiger partial charge in [0.15, 0.2) is 5.82 Å². The van der Waals surface area contributed by atoms with E-state index in [0.717, 1.165) is 68.1 Å². The van der Waals surface area contributed by atoms with E-state index in [1.807, 2.05) is 13.0 Å². The molecule has 8 nitrogen and oxygen atoms in total. The molecule has 6 heterocycles. The molecule has 6 atom stereocenters. The second-order valence-electron chi connectivity index (χ2n) is 16.5. The van der Waals surface area contributed by atoms with Gasteiger partial charge in [-0.1, -0.05) is 54.6 Å². The number of hydrogen-bond acceptors (Lipinski definition) is 5. The van der Waals surface area contributed by atoms with E-state index in [1.165, 1.54) is 6.42 Å². The molecule has 2 aromatic heterocycles. The Morgan fingerprint density at radius 2 is 1.89 bits per heavy atom. The van der Waals surface area contributed by atoms with E-state index in [2.05, 4.69) is 31.8 Å². The summed E-state index contributed by atoms with van der Waals surface area (Å²) in [6.07, 6.45) is 9.61. The predicted molar refractivity (Wildman–Crippen MR) is 203 cm³/mol. The second kappa shape index (κ2) is 12.7. The van der Waals surface area contributed by atoms with Gasteiger partial charge < -0.3 is 19.7 Å². The first kappa shape index (κ1) is 33.8. The maximum atomic E-state index is 17.3. The van der Waals surface area contributed by atoms with Crippen LogP contribution in [0.1, 0.15) is 93.2 Å². The van der Waals surface area contributed by atoms with Gasteiger partial charge in [0.2, 0.25) is 11.8 Å². The molecule has 3 saturated carbocycles. The Balaban J connectivity index is 1.22. The number of pyridine rings is 1. The minimum absolute atomic E-state index is 0.0172. The highest BCUT2D eigenvalue weighted by Crippen LogP contribution is 2.54. The van der Waals surface area contributed by atoms with Gasteiger partial charge in [-0.15, -0.1) is 0 Å². The van der Waals surface area contributed by atoms with E-state index in [9.17, 15) is 14.9 Å². The number of carbonyl (C=O) groups excluding carboxylic acids is 2. The molecular weight excluding hydrogens is 710 g/mol. The van der Waals surface area contributed by atoms with Gasteiger partial charge in [-0.2, -0.15) is 5.26 Å². The van der Waals surface area contributed by atoms with Gasteiger partial charge in [-0.3, -0.25) is 9.59 Å². The van der Waals surface area contributed by atoms with Crippen molar-refractivity contribution in [2.45, 2.75) is 108 Å². The molecule has 11 rings (SSSR count). The van der Waals surface area contributed by atoms with E-state index in [4.69, 9.17) is 28.2 Å². The molecule has 4 aliphatic heterocycles. The van der Waals surface area contributed by atoms with Gasteiger partial charge >= 0.3 is 0 Å². The van der Waals surface area contributed by atoms with Crippen LogP contribution in [0.25, 0.3) is 32.9 Å². The van der Waals surface area contributed by atoms with Gasteiger partial charge in [0.25, 0.3) is 0 Å². The summed E-state index contributed by atoms with van der Waals surface area (Å²) in [5.74, 6) is -0.0519. The SMILES string of the molecule is Cc1nc2c(F)c(-c3cccc(Cl)c3Cl)c(CCC#N)cc2c2c1cc(C1C3CC(CN(C4CCCCC4)C3=O)N1C(=O)C1CC1)n2C1C2CNC1C2. The van der Waals surface area contributed by atoms with Crippen LogP contribution in [-0.4, -0.2) is 62.4 Å². The van der Waals surface area contributed by atoms with Crippen LogP contribution in [-0.2, 0) is 16.0 Å². The van der Waals surface area contributed by atoms with Crippen molar-refractivity contribution in [1.29, 1.82) is 5.26 Å². The fourth-order valence-corrected chi connectivity index (χ4v) is 11.3. The first-order valence-electron chi connectivity index (χ1n) is 19.6. The van der Waals surface area contributed by atoms with E-state index in [-0.39, 0.29) is 64.8 Å². The topological polar surface area (TPSA) is 94.3 Å². The number of aromatic nitrogens is 2. The Morgan fingerprint density at radius 1 is 1.08 bits per heavy atom. The van der Waals surface area contributed by atoms with Crippen molar-refractivity contribution in [1.82, 2.24) is 24.7 Å². The van der Waals surface area contributed by atoms with Gasteiger partial charge in [-0.05, 0) is 81.5 Å². The summed E-state index contributed by atoms with van der Waals surface area (Å²) in [4.78, 5) is 38.3. The highest BCUT2D eigenvalue weighted by Gasteiger charge is 2.58. The van der Waals surface area contributed by atoms with Crippen LogP contribution in [0, 0.1) is 41.8 Å². The van der Waals surface area contributed by atoms with E-state index in [1.54, 1.807) is 18.2 Å². The maximum Gasteiger partial charge on any atom is 0.228 e. The molecular formula is C42H43Cl2FN6O2. The number of halogens is 3. The maximum absolute atomic E-state index is 17.3. The lowest BCUT2D eigenvalue weighted by molar-refractivity contribution is -0.141. The zero-order valence-electron chi connectivity index (χ0n) is 29.9. The number of fused-ring (bicyclic) bond motifs is 6. The number of likely N-dealkylation sites (tertiary alicyclic amines) is 2. The summed E-state index contributed by atoms with van der Waals surface area (Å²) in [5.41, 5.74) is 4.24. The quantitative estimate of drug-likeness (QED) is 0.205. The van der Waals surface area contributed by atoms with Crippen molar-refractivity contribution in [3.8, 4) is 17.2 Å². The fourth-order valence-electron chi connectivity index (χ4n) is 10.9. The first-order valence-corrected chi connectivity index (χ1v) is 20.3. The van der Waals surface area contributed by atoms with E-state index >= 15 is 4.39 Å². The zero-order valence-corrected chi connectivity index (χ0v) is 31.4. The van der Waals surface area contributed by atoms with Gasteiger partial charge in [0.05, 0.1) is 45.7 Å². The lowest BCUT2D eigenvalue weighted by Crippen LogP contribution is -2.51. The molecule has 11 heteroatoms. The summed E-state index contributed by atoms with van der Waals surface area (Å²) in [6.45, 7) is 3.43. The number of nitrogens with one attached hydrogen (secondary N) is 1. The third-order valence-corrected chi connectivity index (χ3v) is 14.4. The van der Waals surface area contributed by atoms with Crippen LogP contribution >= 0.6 is 23.2 Å². The molecule has 2 aromatic carbocycles. The Morgan fingerprint density at radius 3 is 2.60 bits per heavy atom. The van der Waals surface area contributed by atoms with Crippen molar-refractivity contribution in [3.05, 3.63) is 63.1 Å². The van der Waals surface area contributed by atoms with Gasteiger partial charge in [0, 0.05) is 70.8 Å². The van der Waals surface area contributed by atoms with Crippen molar-refractivity contribution in [3.63, 3.8) is 0 Å². The molecule has 53 heavy (non-hydrogen) atoms. The molecule has 2 amide bonds. The van der Waals surface area contributed by atoms with Gasteiger partial charge in [0.1, 0.15) is 5.52 Å². The summed E-state index contributed by atoms with van der Waals surface area (Å²) in [7, 11) is 0. The number of benzene rings is 2. The highest BCUT2D eigenvalue weighted by atomic mass is 35.5. The highest BCUT2D eigenvalue weighted by molar-refractivity contribution is 6.43. The normalized spacial score (nSPS) is 28.2. The fraction of sp³-hybridized carbons (Fsp3) is 0.524. The van der Waals surface area contributed by atoms with Crippen LogP contribution in [0.4, 0.5) is 4.39 Å². The molecule has 4 bridgehead atoms. The summed E-state index contributed by atoms with van der Waals surface area (Å²) >= 11 is 13.2. The smallest absolute Gasteiger partial charge is 0.228 e. The summed E-state index contributed by atoms with van der Waals surface area (Å²) < 4.78 is 19.7. The number of piperidine rings is 1. The van der Waals surface area contributed by atoms with Crippen molar-refractivity contribution in [2.75, 3.05) is 13.1 Å². The third-order valence-electron chi connectivity index (χ3n) is 13.5. The number of nitriles is 1. The molecule has 1 N–H and O–H groups in total. The Labute approximate surface area is 318 Å². The third kappa shape index (κ3) is 5.11. The monoisotopic (exact) mass is 752 g/mol. The minimum Gasteiger partial charge on any atom is -0.337 e. The lowest BCUT2D eigenvalue weighted by atomic mass is 9.79. The minimum atomic E-state index is -0.492. The van der Waals surface area contributed by atoms with Crippen LogP contribution in [0.2, 0.25) is 10.0 Å². The number of amides is 2. The predicted octanol–water partition coefficient (Wildman–Crippen LogP) is 8.44. The molecule has 4 saturated heterocycles. The largest absolute Gasteiger partial charge is 0.337 e. The molecule has 3 aliphatic carbocycles. The molecule has 7 fully saturated rings. The molecule has 4 aromatic rings. The second-order valence-corrected chi connectivity index (χ2v) is 17.3. The van der Waals surface area contributed by atoms with Crippen LogP contribution < -0.4 is 5.32 Å². The van der Waals surface area contributed by atoms with Crippen molar-refractivity contribution in [2.24, 2.45) is 17.8 Å².